The van der Waals surface area contributed by atoms with Crippen molar-refractivity contribution in [3.05, 3.63) is 22.8 Å². The van der Waals surface area contributed by atoms with Gasteiger partial charge in [-0.2, -0.15) is 0 Å². The smallest absolute Gasteiger partial charge is 0.142 e. The fraction of sp³-hybridized carbons (Fsp3) is 0.545. The number of anilines is 1. The van der Waals surface area contributed by atoms with Crippen LogP contribution < -0.4 is 4.90 Å². The molecule has 1 aliphatic rings. The Hall–Kier alpha value is -0.570. The van der Waals surface area contributed by atoms with E-state index in [2.05, 4.69) is 32.9 Å². The molecular formula is C11H15BrN2. The number of rotatable bonds is 3. The van der Waals surface area contributed by atoms with Crippen LogP contribution in [-0.4, -0.2) is 18.6 Å². The first kappa shape index (κ1) is 9.97. The van der Waals surface area contributed by atoms with Crippen molar-refractivity contribution in [3.8, 4) is 0 Å². The summed E-state index contributed by atoms with van der Waals surface area (Å²) in [5.41, 5.74) is 0. The molecule has 0 aromatic carbocycles. The normalized spacial score (nSPS) is 16.4. The minimum absolute atomic E-state index is 0.883. The average Bonchev–Trinajstić information content (AvgIpc) is 2.12. The lowest BCUT2D eigenvalue weighted by molar-refractivity contribution is 0.321. The number of pyridine rings is 1. The van der Waals surface area contributed by atoms with E-state index in [1.165, 1.54) is 19.3 Å². The van der Waals surface area contributed by atoms with Gasteiger partial charge < -0.3 is 4.90 Å². The summed E-state index contributed by atoms with van der Waals surface area (Å²) in [7, 11) is 2.12. The fourth-order valence-electron chi connectivity index (χ4n) is 1.81. The van der Waals surface area contributed by atoms with Crippen LogP contribution in [0.15, 0.2) is 22.8 Å². The van der Waals surface area contributed by atoms with Gasteiger partial charge in [0.25, 0.3) is 0 Å². The summed E-state index contributed by atoms with van der Waals surface area (Å²) in [4.78, 5) is 6.61. The summed E-state index contributed by atoms with van der Waals surface area (Å²) in [6.45, 7) is 1.13. The van der Waals surface area contributed by atoms with Crippen molar-refractivity contribution in [3.63, 3.8) is 0 Å². The number of aromatic nitrogens is 1. The minimum Gasteiger partial charge on any atom is -0.358 e. The molecule has 1 fully saturated rings. The maximum atomic E-state index is 4.37. The van der Waals surface area contributed by atoms with Crippen LogP contribution in [0.2, 0.25) is 0 Å². The van der Waals surface area contributed by atoms with E-state index >= 15 is 0 Å². The monoisotopic (exact) mass is 254 g/mol. The molecule has 0 unspecified atom stereocenters. The Morgan fingerprint density at radius 1 is 1.57 bits per heavy atom. The number of hydrogen-bond acceptors (Lipinski definition) is 2. The third-order valence-corrected chi connectivity index (χ3v) is 3.48. The molecule has 0 atom stereocenters. The first-order chi connectivity index (χ1) is 6.77. The van der Waals surface area contributed by atoms with Crippen LogP contribution in [0.5, 0.6) is 0 Å². The Balaban J connectivity index is 2.02. The maximum absolute atomic E-state index is 4.37. The van der Waals surface area contributed by atoms with Crippen LogP contribution in [0, 0.1) is 5.92 Å². The lowest BCUT2D eigenvalue weighted by Crippen LogP contribution is -2.30. The lowest BCUT2D eigenvalue weighted by Gasteiger charge is -2.31. The first-order valence-corrected chi connectivity index (χ1v) is 5.88. The van der Waals surface area contributed by atoms with Gasteiger partial charge in [0.15, 0.2) is 0 Å². The molecule has 2 rings (SSSR count). The van der Waals surface area contributed by atoms with Gasteiger partial charge in [-0.3, -0.25) is 0 Å². The second kappa shape index (κ2) is 4.30. The predicted octanol–water partition coefficient (Wildman–Crippen LogP) is 3.08. The van der Waals surface area contributed by atoms with Gasteiger partial charge in [-0.25, -0.2) is 4.98 Å². The zero-order valence-electron chi connectivity index (χ0n) is 8.41. The van der Waals surface area contributed by atoms with Gasteiger partial charge in [0.1, 0.15) is 5.82 Å². The number of halogens is 1. The third-order valence-electron chi connectivity index (χ3n) is 2.86. The Labute approximate surface area is 93.5 Å². The molecule has 1 aromatic rings. The summed E-state index contributed by atoms with van der Waals surface area (Å²) < 4.78 is 1.09. The lowest BCUT2D eigenvalue weighted by atomic mass is 9.85. The molecule has 0 radical (unpaired) electrons. The van der Waals surface area contributed by atoms with E-state index < -0.39 is 0 Å². The highest BCUT2D eigenvalue weighted by Gasteiger charge is 2.20. The predicted molar refractivity (Wildman–Crippen MR) is 62.5 cm³/mol. The Morgan fingerprint density at radius 2 is 2.36 bits per heavy atom. The van der Waals surface area contributed by atoms with Crippen molar-refractivity contribution in [2.24, 2.45) is 5.92 Å². The van der Waals surface area contributed by atoms with Crippen LogP contribution in [-0.2, 0) is 0 Å². The molecule has 0 aliphatic heterocycles. The molecule has 0 bridgehead atoms. The van der Waals surface area contributed by atoms with Crippen LogP contribution in [0.4, 0.5) is 5.82 Å². The molecule has 1 saturated carbocycles. The van der Waals surface area contributed by atoms with Gasteiger partial charge in [-0.05, 0) is 46.8 Å². The third kappa shape index (κ3) is 2.08. The summed E-state index contributed by atoms with van der Waals surface area (Å²) in [5, 5.41) is 0. The van der Waals surface area contributed by atoms with Gasteiger partial charge in [-0.1, -0.05) is 6.42 Å². The van der Waals surface area contributed by atoms with E-state index in [1.54, 1.807) is 0 Å². The van der Waals surface area contributed by atoms with E-state index in [4.69, 9.17) is 0 Å². The zero-order chi connectivity index (χ0) is 9.97. The van der Waals surface area contributed by atoms with Crippen molar-refractivity contribution in [2.75, 3.05) is 18.5 Å². The molecule has 14 heavy (non-hydrogen) atoms. The Kier molecular flexibility index (Phi) is 3.06. The number of nitrogens with zero attached hydrogens (tertiary/aromatic N) is 2. The quantitative estimate of drug-likeness (QED) is 0.825. The van der Waals surface area contributed by atoms with Crippen molar-refractivity contribution in [1.29, 1.82) is 0 Å². The molecule has 76 valence electrons. The molecule has 1 heterocycles. The van der Waals surface area contributed by atoms with Gasteiger partial charge in [0.05, 0.1) is 4.47 Å². The molecule has 0 amide bonds. The largest absolute Gasteiger partial charge is 0.358 e. The molecule has 1 aliphatic carbocycles. The SMILES string of the molecule is CN(CC1CCC1)c1ncccc1Br. The summed E-state index contributed by atoms with van der Waals surface area (Å²) in [6, 6.07) is 3.99. The van der Waals surface area contributed by atoms with Gasteiger partial charge in [0, 0.05) is 19.8 Å². The standard InChI is InChI=1S/C11H15BrN2/c1-14(8-9-4-2-5-9)11-10(12)6-3-7-13-11/h3,6-7,9H,2,4-5,8H2,1H3. The molecular weight excluding hydrogens is 240 g/mol. The highest BCUT2D eigenvalue weighted by molar-refractivity contribution is 9.10. The van der Waals surface area contributed by atoms with Gasteiger partial charge in [-0.15, -0.1) is 0 Å². The summed E-state index contributed by atoms with van der Waals surface area (Å²) >= 11 is 3.52. The van der Waals surface area contributed by atoms with Crippen molar-refractivity contribution < 1.29 is 0 Å². The maximum Gasteiger partial charge on any atom is 0.142 e. The van der Waals surface area contributed by atoms with E-state index in [-0.39, 0.29) is 0 Å². The van der Waals surface area contributed by atoms with E-state index in [1.807, 2.05) is 18.3 Å². The first-order valence-electron chi connectivity index (χ1n) is 5.09. The highest BCUT2D eigenvalue weighted by Crippen LogP contribution is 2.29. The average molecular weight is 255 g/mol. The van der Waals surface area contributed by atoms with E-state index in [0.717, 1.165) is 22.8 Å². The molecule has 0 N–H and O–H groups in total. The van der Waals surface area contributed by atoms with Crippen LogP contribution in [0.25, 0.3) is 0 Å². The van der Waals surface area contributed by atoms with E-state index in [9.17, 15) is 0 Å². The van der Waals surface area contributed by atoms with Gasteiger partial charge in [0.2, 0.25) is 0 Å². The minimum atomic E-state index is 0.883. The fourth-order valence-corrected chi connectivity index (χ4v) is 2.37. The molecule has 3 heteroatoms. The summed E-state index contributed by atoms with van der Waals surface area (Å²) in [5.74, 6) is 1.94. The number of hydrogen-bond donors (Lipinski definition) is 0. The van der Waals surface area contributed by atoms with Crippen LogP contribution >= 0.6 is 15.9 Å². The highest BCUT2D eigenvalue weighted by atomic mass is 79.9. The topological polar surface area (TPSA) is 16.1 Å². The Morgan fingerprint density at radius 3 is 2.93 bits per heavy atom. The van der Waals surface area contributed by atoms with Crippen molar-refractivity contribution in [2.45, 2.75) is 19.3 Å². The van der Waals surface area contributed by atoms with Crippen molar-refractivity contribution in [1.82, 2.24) is 4.98 Å². The van der Waals surface area contributed by atoms with Crippen LogP contribution in [0.3, 0.4) is 0 Å². The molecule has 1 aromatic heterocycles. The summed E-state index contributed by atoms with van der Waals surface area (Å²) in [6.07, 6.45) is 6.02. The zero-order valence-corrected chi connectivity index (χ0v) is 10.00. The van der Waals surface area contributed by atoms with E-state index in [0.29, 0.717) is 0 Å². The molecule has 2 nitrogen and oxygen atoms in total. The van der Waals surface area contributed by atoms with Gasteiger partial charge >= 0.3 is 0 Å². The second-order valence-electron chi connectivity index (χ2n) is 3.99. The van der Waals surface area contributed by atoms with Crippen molar-refractivity contribution >= 4 is 21.7 Å². The second-order valence-corrected chi connectivity index (χ2v) is 4.84. The Bertz CT molecular complexity index is 310. The molecule has 0 spiro atoms. The molecule has 0 saturated heterocycles. The van der Waals surface area contributed by atoms with Crippen LogP contribution in [0.1, 0.15) is 19.3 Å².